The van der Waals surface area contributed by atoms with Crippen LogP contribution in [0.3, 0.4) is 0 Å². The Kier molecular flexibility index (Phi) is 18.8. The first kappa shape index (κ1) is 47.0. The van der Waals surface area contributed by atoms with Crippen molar-refractivity contribution in [2.75, 3.05) is 20.4 Å². The fourth-order valence-electron chi connectivity index (χ4n) is 7.39. The van der Waals surface area contributed by atoms with Gasteiger partial charge in [-0.05, 0) is 22.3 Å². The summed E-state index contributed by atoms with van der Waals surface area (Å²) in [5, 5.41) is 31.5. The molecule has 8 rings (SSSR count). The van der Waals surface area contributed by atoms with Crippen molar-refractivity contribution < 1.29 is 68.5 Å². The van der Waals surface area contributed by atoms with Gasteiger partial charge in [-0.1, -0.05) is 152 Å². The summed E-state index contributed by atoms with van der Waals surface area (Å²) in [7, 11) is -1.00. The van der Waals surface area contributed by atoms with E-state index >= 15 is 0 Å². The normalized spacial score (nSPS) is 27.6. The van der Waals surface area contributed by atoms with E-state index in [9.17, 15) is 24.5 Å². The van der Waals surface area contributed by atoms with Gasteiger partial charge in [-0.15, -0.1) is 0 Å². The summed E-state index contributed by atoms with van der Waals surface area (Å²) < 4.78 is 68.8. The molecule has 3 aliphatic heterocycles. The molecular weight excluding hydrogens is 828 g/mol. The van der Waals surface area contributed by atoms with E-state index < -0.39 is 87.4 Å². The van der Waals surface area contributed by atoms with Crippen molar-refractivity contribution in [1.29, 1.82) is 0 Å². The zero-order valence-electron chi connectivity index (χ0n) is 36.5. The summed E-state index contributed by atoms with van der Waals surface area (Å²) >= 11 is 0. The van der Waals surface area contributed by atoms with Crippen LogP contribution in [0, 0.1) is 0 Å². The van der Waals surface area contributed by atoms with Crippen molar-refractivity contribution in [3.63, 3.8) is 0 Å². The lowest BCUT2D eigenvalue weighted by Crippen LogP contribution is -2.62. The Labute approximate surface area is 374 Å². The van der Waals surface area contributed by atoms with Gasteiger partial charge in [0.2, 0.25) is 0 Å². The number of fused-ring (bicyclic) bond motifs is 1. The molecule has 0 saturated carbocycles. The second-order valence-electron chi connectivity index (χ2n) is 15.1. The van der Waals surface area contributed by atoms with Crippen LogP contribution in [0.25, 0.3) is 0 Å². The van der Waals surface area contributed by atoms with Crippen LogP contribution in [-0.2, 0) is 73.9 Å². The Morgan fingerprint density at radius 1 is 0.609 bits per heavy atom. The van der Waals surface area contributed by atoms with E-state index in [1.807, 2.05) is 152 Å². The van der Waals surface area contributed by atoms with Crippen molar-refractivity contribution >= 4 is 5.97 Å². The quantitative estimate of drug-likeness (QED) is 0.0997. The number of ether oxygens (including phenoxy) is 9. The van der Waals surface area contributed by atoms with Crippen LogP contribution in [0.1, 0.15) is 42.4 Å². The first-order valence-electron chi connectivity index (χ1n) is 21.7. The van der Waals surface area contributed by atoms with Gasteiger partial charge in [0.1, 0.15) is 42.7 Å². The van der Waals surface area contributed by atoms with E-state index in [1.54, 1.807) is 0 Å². The molecule has 3 aliphatic rings. The molecule has 11 unspecified atom stereocenters. The number of benzene rings is 5. The number of carbonyl (C=O) groups is 1. The number of carbonyl (C=O) groups excluding carboxylic acids is 1. The van der Waals surface area contributed by atoms with Gasteiger partial charge in [-0.25, -0.2) is 0 Å². The Morgan fingerprint density at radius 2 is 1.05 bits per heavy atom. The van der Waals surface area contributed by atoms with Crippen LogP contribution < -0.4 is 0 Å². The minimum Gasteiger partial charge on any atom is -0.454 e. The SMILES string of the molecule is CC(=O)OC1C(OCc2ccccc2)OC(CO)C(O)C1OCc1ccccc1.OC1C(OCc2ccccc2)OC2COC(c3ccccc3)OC2C1OCc1ccccc1.[2H]CF. The number of halogens is 1. The van der Waals surface area contributed by atoms with Crippen LogP contribution in [0.4, 0.5) is 4.39 Å². The smallest absolute Gasteiger partial charge is 0.303 e. The molecule has 3 fully saturated rings. The molecule has 11 atom stereocenters. The molecule has 0 amide bonds. The van der Waals surface area contributed by atoms with Gasteiger partial charge in [0.15, 0.2) is 25.0 Å². The number of aliphatic hydroxyl groups is 3. The molecular formula is C50H57FO13. The second-order valence-corrected chi connectivity index (χ2v) is 15.1. The van der Waals surface area contributed by atoms with E-state index in [4.69, 9.17) is 44.0 Å². The maximum Gasteiger partial charge on any atom is 0.303 e. The maximum absolute atomic E-state index is 11.7. The minimum atomic E-state index is -1.19. The summed E-state index contributed by atoms with van der Waals surface area (Å²) in [5.74, 6) is -0.546. The Bertz CT molecular complexity index is 2060. The van der Waals surface area contributed by atoms with Gasteiger partial charge in [0.25, 0.3) is 0 Å². The number of hydrogen-bond acceptors (Lipinski definition) is 13. The topological polar surface area (TPSA) is 161 Å². The first-order valence-corrected chi connectivity index (χ1v) is 21.0. The van der Waals surface area contributed by atoms with Gasteiger partial charge >= 0.3 is 5.97 Å². The number of hydrogen-bond donors (Lipinski definition) is 3. The monoisotopic (exact) mass is 885 g/mol. The number of aliphatic hydroxyl groups excluding tert-OH is 3. The molecule has 64 heavy (non-hydrogen) atoms. The summed E-state index contributed by atoms with van der Waals surface area (Å²) in [5.41, 5.74) is 4.73. The van der Waals surface area contributed by atoms with E-state index in [-0.39, 0.29) is 13.2 Å². The van der Waals surface area contributed by atoms with E-state index in [0.29, 0.717) is 19.8 Å². The third kappa shape index (κ3) is 13.8. The predicted molar refractivity (Wildman–Crippen MR) is 232 cm³/mol. The fourth-order valence-corrected chi connectivity index (χ4v) is 7.39. The lowest BCUT2D eigenvalue weighted by atomic mass is 9.97. The average molecular weight is 886 g/mol. The van der Waals surface area contributed by atoms with Crippen LogP contribution in [-0.4, -0.2) is 103 Å². The highest BCUT2D eigenvalue weighted by Gasteiger charge is 2.51. The molecule has 0 aromatic heterocycles. The molecule has 0 aliphatic carbocycles. The van der Waals surface area contributed by atoms with Gasteiger partial charge in [-0.3, -0.25) is 9.18 Å². The number of esters is 1. The fraction of sp³-hybridized carbons (Fsp3) is 0.380. The van der Waals surface area contributed by atoms with Gasteiger partial charge in [0.05, 0.1) is 48.2 Å². The molecule has 0 spiro atoms. The van der Waals surface area contributed by atoms with Crippen LogP contribution in [0.2, 0.25) is 0 Å². The summed E-state index contributed by atoms with van der Waals surface area (Å²) in [6.45, 7) is 2.23. The molecule has 0 radical (unpaired) electrons. The van der Waals surface area contributed by atoms with Crippen molar-refractivity contribution in [3.05, 3.63) is 179 Å². The maximum atomic E-state index is 11.7. The predicted octanol–water partition coefficient (Wildman–Crippen LogP) is 6.37. The molecule has 14 heteroatoms. The minimum absolute atomic E-state index is 0.198. The average Bonchev–Trinajstić information content (AvgIpc) is 3.34. The van der Waals surface area contributed by atoms with Crippen molar-refractivity contribution in [1.82, 2.24) is 0 Å². The molecule has 3 N–H and O–H groups in total. The van der Waals surface area contributed by atoms with Crippen molar-refractivity contribution in [2.24, 2.45) is 0 Å². The third-order valence-electron chi connectivity index (χ3n) is 10.6. The van der Waals surface area contributed by atoms with Crippen molar-refractivity contribution in [2.45, 2.75) is 101 Å². The van der Waals surface area contributed by atoms with Gasteiger partial charge < -0.3 is 58.0 Å². The molecule has 5 aromatic rings. The second kappa shape index (κ2) is 25.5. The Morgan fingerprint density at radius 3 is 1.52 bits per heavy atom. The number of rotatable bonds is 15. The first-order chi connectivity index (χ1) is 31.8. The standard InChI is InChI=1S/C27H28O6.C22H26O7.CH3F/c28-23-25(29-16-19-10-4-1-5-11-19)24-22(18-31-26(33-24)21-14-8-3-9-15-21)32-27(23)30-17-20-12-6-2-7-13-20;1-15(24)28-21-20(26-13-16-8-4-2-5-9-16)19(25)18(12-23)29-22(21)27-14-17-10-6-3-7-11-17;1-2/h1-15,22-28H,16-18H2;2-11,18-23,25H,12-14H2,1H3;1H3/i;;1D. The Hall–Kier alpha value is -4.94. The lowest BCUT2D eigenvalue weighted by molar-refractivity contribution is -0.368. The Balaban J connectivity index is 0.000000205. The summed E-state index contributed by atoms with van der Waals surface area (Å²) in [6.07, 6.45) is -9.01. The largest absolute Gasteiger partial charge is 0.454 e. The summed E-state index contributed by atoms with van der Waals surface area (Å²) in [4.78, 5) is 11.7. The lowest BCUT2D eigenvalue weighted by Gasteiger charge is -2.47. The van der Waals surface area contributed by atoms with Crippen LogP contribution >= 0.6 is 0 Å². The van der Waals surface area contributed by atoms with Gasteiger partial charge in [0, 0.05) is 12.5 Å². The molecule has 342 valence electrons. The van der Waals surface area contributed by atoms with E-state index in [1.165, 1.54) is 6.92 Å². The molecule has 5 aromatic carbocycles. The van der Waals surface area contributed by atoms with Crippen LogP contribution in [0.15, 0.2) is 152 Å². The highest BCUT2D eigenvalue weighted by molar-refractivity contribution is 5.66. The zero-order valence-corrected chi connectivity index (χ0v) is 35.5. The van der Waals surface area contributed by atoms with Crippen LogP contribution in [0.5, 0.6) is 0 Å². The van der Waals surface area contributed by atoms with E-state index in [0.717, 1.165) is 27.8 Å². The van der Waals surface area contributed by atoms with Crippen molar-refractivity contribution in [3.8, 4) is 0 Å². The molecule has 3 heterocycles. The highest BCUT2D eigenvalue weighted by Crippen LogP contribution is 2.36. The molecule has 3 saturated heterocycles. The van der Waals surface area contributed by atoms with E-state index in [2.05, 4.69) is 0 Å². The highest BCUT2D eigenvalue weighted by atomic mass is 19.1. The number of alkyl halides is 1. The zero-order chi connectivity index (χ0) is 45.8. The third-order valence-corrected chi connectivity index (χ3v) is 10.6. The molecule has 0 bridgehead atoms. The molecule has 13 nitrogen and oxygen atoms in total. The van der Waals surface area contributed by atoms with Gasteiger partial charge in [-0.2, -0.15) is 0 Å². The summed E-state index contributed by atoms with van der Waals surface area (Å²) in [6, 6.07) is 48.3.